The molecule has 0 saturated heterocycles. The fourth-order valence-corrected chi connectivity index (χ4v) is 1.30. The first-order chi connectivity index (χ1) is 7.70. The van der Waals surface area contributed by atoms with E-state index in [2.05, 4.69) is 4.98 Å². The highest BCUT2D eigenvalue weighted by molar-refractivity contribution is 6.04. The van der Waals surface area contributed by atoms with Crippen molar-refractivity contribution in [2.45, 2.75) is 0 Å². The quantitative estimate of drug-likeness (QED) is 0.778. The number of hydrogen-bond acceptors (Lipinski definition) is 3. The normalized spacial score (nSPS) is 10.1. The van der Waals surface area contributed by atoms with Crippen LogP contribution in [0, 0.1) is 5.82 Å². The molecule has 0 N–H and O–H groups in total. The van der Waals surface area contributed by atoms with Crippen LogP contribution in [0.3, 0.4) is 0 Å². The molecule has 0 spiro atoms. The van der Waals surface area contributed by atoms with Gasteiger partial charge in [-0.3, -0.25) is 9.69 Å². The number of anilines is 1. The second-order valence-corrected chi connectivity index (χ2v) is 3.19. The van der Waals surface area contributed by atoms with Crippen LogP contribution in [0.2, 0.25) is 0 Å². The fraction of sp³-hybridized carbons (Fsp3) is 0.0909. The summed E-state index contributed by atoms with van der Waals surface area (Å²) < 4.78 is 18.2. The Bertz CT molecular complexity index is 496. The summed E-state index contributed by atoms with van der Waals surface area (Å²) in [7, 11) is 1.46. The minimum Gasteiger partial charge on any atom is -0.472 e. The Kier molecular flexibility index (Phi) is 2.68. The van der Waals surface area contributed by atoms with Crippen molar-refractivity contribution in [3.63, 3.8) is 0 Å². The molecule has 0 aliphatic carbocycles. The molecule has 0 bridgehead atoms. The van der Waals surface area contributed by atoms with Crippen LogP contribution in [-0.4, -0.2) is 17.9 Å². The molecule has 2 rings (SSSR count). The summed E-state index contributed by atoms with van der Waals surface area (Å²) in [6.07, 6.45) is 4.12. The molecule has 4 nitrogen and oxygen atoms in total. The van der Waals surface area contributed by atoms with Gasteiger partial charge < -0.3 is 4.42 Å². The molecular formula is C11H9FN2O2. The van der Waals surface area contributed by atoms with Crippen LogP contribution in [0.25, 0.3) is 0 Å². The Hall–Kier alpha value is -2.17. The van der Waals surface area contributed by atoms with Crippen molar-refractivity contribution >= 4 is 11.7 Å². The molecule has 0 aliphatic heterocycles. The number of halogens is 1. The second kappa shape index (κ2) is 4.14. The number of carbonyl (C=O) groups is 1. The van der Waals surface area contributed by atoms with Crippen LogP contribution < -0.4 is 4.90 Å². The molecule has 0 unspecified atom stereocenters. The minimum atomic E-state index is -0.540. The zero-order valence-electron chi connectivity index (χ0n) is 8.55. The van der Waals surface area contributed by atoms with Gasteiger partial charge in [-0.05, 0) is 18.2 Å². The summed E-state index contributed by atoms with van der Waals surface area (Å²) in [4.78, 5) is 16.8. The van der Waals surface area contributed by atoms with Gasteiger partial charge in [-0.25, -0.2) is 9.37 Å². The largest absolute Gasteiger partial charge is 0.472 e. The SMILES string of the molecule is CN(C(=O)c1ccoc1)c1ncccc1F. The molecule has 0 saturated carbocycles. The molecule has 0 aromatic carbocycles. The number of aromatic nitrogens is 1. The third-order valence-electron chi connectivity index (χ3n) is 2.13. The molecular weight excluding hydrogens is 211 g/mol. The van der Waals surface area contributed by atoms with Gasteiger partial charge >= 0.3 is 0 Å². The fourth-order valence-electron chi connectivity index (χ4n) is 1.30. The first-order valence-corrected chi connectivity index (χ1v) is 4.61. The maximum atomic E-state index is 13.4. The Balaban J connectivity index is 2.30. The molecule has 0 aliphatic rings. The van der Waals surface area contributed by atoms with Gasteiger partial charge in [-0.2, -0.15) is 0 Å². The zero-order valence-corrected chi connectivity index (χ0v) is 8.55. The Morgan fingerprint density at radius 2 is 2.31 bits per heavy atom. The summed E-state index contributed by atoms with van der Waals surface area (Å²) >= 11 is 0. The van der Waals surface area contributed by atoms with Crippen LogP contribution in [0.4, 0.5) is 10.2 Å². The lowest BCUT2D eigenvalue weighted by Gasteiger charge is -2.15. The van der Waals surface area contributed by atoms with Gasteiger partial charge in [-0.1, -0.05) is 0 Å². The summed E-state index contributed by atoms with van der Waals surface area (Å²) in [5, 5.41) is 0. The average molecular weight is 220 g/mol. The molecule has 2 aromatic heterocycles. The molecule has 2 heterocycles. The van der Waals surface area contributed by atoms with Crippen LogP contribution in [0.5, 0.6) is 0 Å². The van der Waals surface area contributed by atoms with Gasteiger partial charge in [0.15, 0.2) is 11.6 Å². The van der Waals surface area contributed by atoms with Gasteiger partial charge in [0.25, 0.3) is 5.91 Å². The van der Waals surface area contributed by atoms with Crippen molar-refractivity contribution in [2.75, 3.05) is 11.9 Å². The third-order valence-corrected chi connectivity index (χ3v) is 2.13. The molecule has 16 heavy (non-hydrogen) atoms. The topological polar surface area (TPSA) is 46.3 Å². The number of amides is 1. The Labute approximate surface area is 91.3 Å². The van der Waals surface area contributed by atoms with Gasteiger partial charge in [0.1, 0.15) is 6.26 Å². The smallest absolute Gasteiger partial charge is 0.262 e. The number of furan rings is 1. The van der Waals surface area contributed by atoms with Gasteiger partial charge in [0.2, 0.25) is 0 Å². The van der Waals surface area contributed by atoms with Gasteiger partial charge in [-0.15, -0.1) is 0 Å². The summed E-state index contributed by atoms with van der Waals surface area (Å²) in [5.74, 6) is -0.915. The van der Waals surface area contributed by atoms with E-state index in [-0.39, 0.29) is 11.7 Å². The highest BCUT2D eigenvalue weighted by atomic mass is 19.1. The summed E-state index contributed by atoms with van der Waals surface area (Å²) in [6.45, 7) is 0. The Morgan fingerprint density at radius 3 is 2.94 bits per heavy atom. The first-order valence-electron chi connectivity index (χ1n) is 4.61. The second-order valence-electron chi connectivity index (χ2n) is 3.19. The lowest BCUT2D eigenvalue weighted by atomic mass is 10.3. The zero-order chi connectivity index (χ0) is 11.5. The van der Waals surface area contributed by atoms with Crippen molar-refractivity contribution in [2.24, 2.45) is 0 Å². The average Bonchev–Trinajstić information content (AvgIpc) is 2.81. The van der Waals surface area contributed by atoms with E-state index in [1.807, 2.05) is 0 Å². The molecule has 0 atom stereocenters. The van der Waals surface area contributed by atoms with E-state index in [1.165, 1.54) is 44.0 Å². The van der Waals surface area contributed by atoms with E-state index in [9.17, 15) is 9.18 Å². The monoisotopic (exact) mass is 220 g/mol. The van der Waals surface area contributed by atoms with Gasteiger partial charge in [0, 0.05) is 13.2 Å². The maximum absolute atomic E-state index is 13.4. The molecule has 1 amide bonds. The van der Waals surface area contributed by atoms with Crippen molar-refractivity contribution in [3.8, 4) is 0 Å². The number of pyridine rings is 1. The molecule has 0 fully saturated rings. The molecule has 0 radical (unpaired) electrons. The summed E-state index contributed by atoms with van der Waals surface area (Å²) in [6, 6.07) is 4.23. The van der Waals surface area contributed by atoms with E-state index in [0.29, 0.717) is 5.56 Å². The van der Waals surface area contributed by atoms with Crippen molar-refractivity contribution in [1.29, 1.82) is 0 Å². The van der Waals surface area contributed by atoms with Crippen LogP contribution in [0.1, 0.15) is 10.4 Å². The lowest BCUT2D eigenvalue weighted by molar-refractivity contribution is 0.0991. The van der Waals surface area contributed by atoms with Crippen LogP contribution in [0.15, 0.2) is 41.3 Å². The predicted molar refractivity (Wildman–Crippen MR) is 55.6 cm³/mol. The van der Waals surface area contributed by atoms with E-state index in [4.69, 9.17) is 4.42 Å². The van der Waals surface area contributed by atoms with Crippen molar-refractivity contribution in [1.82, 2.24) is 4.98 Å². The number of hydrogen-bond donors (Lipinski definition) is 0. The maximum Gasteiger partial charge on any atom is 0.262 e. The van der Waals surface area contributed by atoms with E-state index < -0.39 is 5.82 Å². The molecule has 5 heteroatoms. The molecule has 82 valence electrons. The van der Waals surface area contributed by atoms with E-state index >= 15 is 0 Å². The van der Waals surface area contributed by atoms with Gasteiger partial charge in [0.05, 0.1) is 11.8 Å². The lowest BCUT2D eigenvalue weighted by Crippen LogP contribution is -2.27. The van der Waals surface area contributed by atoms with E-state index in [1.54, 1.807) is 0 Å². The Morgan fingerprint density at radius 1 is 1.50 bits per heavy atom. The van der Waals surface area contributed by atoms with Crippen LogP contribution in [-0.2, 0) is 0 Å². The van der Waals surface area contributed by atoms with Crippen LogP contribution >= 0.6 is 0 Å². The number of nitrogens with zero attached hydrogens (tertiary/aromatic N) is 2. The van der Waals surface area contributed by atoms with Crippen molar-refractivity contribution < 1.29 is 13.6 Å². The van der Waals surface area contributed by atoms with E-state index in [0.717, 1.165) is 4.90 Å². The third kappa shape index (κ3) is 1.79. The molecule has 2 aromatic rings. The highest BCUT2D eigenvalue weighted by Crippen LogP contribution is 2.16. The highest BCUT2D eigenvalue weighted by Gasteiger charge is 2.18. The predicted octanol–water partition coefficient (Wildman–Crippen LogP) is 2.09. The van der Waals surface area contributed by atoms with Crippen molar-refractivity contribution in [3.05, 3.63) is 48.3 Å². The number of rotatable bonds is 2. The number of carbonyl (C=O) groups excluding carboxylic acids is 1. The standard InChI is InChI=1S/C11H9FN2O2/c1-14(10-9(12)3-2-5-13-10)11(15)8-4-6-16-7-8/h2-7H,1H3. The minimum absolute atomic E-state index is 0.00583. The summed E-state index contributed by atoms with van der Waals surface area (Å²) in [5.41, 5.74) is 0.354. The first kappa shape index (κ1) is 10.4.